The van der Waals surface area contributed by atoms with Gasteiger partial charge < -0.3 is 15.8 Å². The van der Waals surface area contributed by atoms with Crippen LogP contribution in [0.15, 0.2) is 48.5 Å². The molecule has 0 saturated heterocycles. The SMILES string of the molecule is CCCCOc1ccc2c(c1)CC[C@]21Cc2nn(-c3ccccc3)c(N)c2C(=O)N1. The van der Waals surface area contributed by atoms with Gasteiger partial charge in [0, 0.05) is 6.42 Å². The molecule has 2 aromatic carbocycles. The number of rotatable bonds is 5. The molecular formula is C24H26N4O2. The number of amides is 1. The van der Waals surface area contributed by atoms with E-state index in [4.69, 9.17) is 15.6 Å². The van der Waals surface area contributed by atoms with E-state index in [2.05, 4.69) is 24.4 Å². The van der Waals surface area contributed by atoms with Gasteiger partial charge >= 0.3 is 0 Å². The molecule has 1 spiro atoms. The van der Waals surface area contributed by atoms with Crippen LogP contribution in [0.1, 0.15) is 53.4 Å². The standard InChI is InChI=1S/C24H26N4O2/c1-2-3-13-30-18-9-10-19-16(14-18)11-12-24(19)15-20-21(23(29)26-24)22(25)28(27-20)17-7-5-4-6-8-17/h4-10,14H,2-3,11-13,15,25H2,1H3,(H,26,29)/t24-/m0/s1. The number of unbranched alkanes of at least 4 members (excludes halogenated alkanes) is 1. The third kappa shape index (κ3) is 2.95. The summed E-state index contributed by atoms with van der Waals surface area (Å²) in [5.74, 6) is 1.15. The fraction of sp³-hybridized carbons (Fsp3) is 0.333. The van der Waals surface area contributed by atoms with Crippen molar-refractivity contribution in [3.63, 3.8) is 0 Å². The number of nitrogens with one attached hydrogen (secondary N) is 1. The quantitative estimate of drug-likeness (QED) is 0.637. The lowest BCUT2D eigenvalue weighted by Gasteiger charge is -2.34. The van der Waals surface area contributed by atoms with Crippen LogP contribution in [0, 0.1) is 0 Å². The number of nitrogen functional groups attached to an aromatic ring is 1. The Bertz CT molecular complexity index is 1110. The Hall–Kier alpha value is -3.28. The number of fused-ring (bicyclic) bond motifs is 3. The first-order valence-corrected chi connectivity index (χ1v) is 10.6. The summed E-state index contributed by atoms with van der Waals surface area (Å²) in [5, 5.41) is 8.00. The summed E-state index contributed by atoms with van der Waals surface area (Å²) >= 11 is 0. The van der Waals surface area contributed by atoms with Crippen LogP contribution in [0.25, 0.3) is 5.69 Å². The van der Waals surface area contributed by atoms with Crippen molar-refractivity contribution in [2.45, 2.75) is 44.6 Å². The van der Waals surface area contributed by atoms with Crippen LogP contribution in [0.5, 0.6) is 5.75 Å². The Morgan fingerprint density at radius 2 is 2.07 bits per heavy atom. The highest BCUT2D eigenvalue weighted by Crippen LogP contribution is 2.44. The number of carbonyl (C=O) groups is 1. The number of para-hydroxylation sites is 1. The van der Waals surface area contributed by atoms with Gasteiger partial charge in [-0.25, -0.2) is 4.68 Å². The van der Waals surface area contributed by atoms with Crippen LogP contribution in [-0.4, -0.2) is 22.3 Å². The maximum absolute atomic E-state index is 13.1. The average Bonchev–Trinajstić information content (AvgIpc) is 3.27. The number of aromatic nitrogens is 2. The Morgan fingerprint density at radius 1 is 1.23 bits per heavy atom. The fourth-order valence-electron chi connectivity index (χ4n) is 4.69. The first-order chi connectivity index (χ1) is 14.6. The second kappa shape index (κ2) is 7.20. The molecule has 1 aliphatic heterocycles. The molecule has 6 heteroatoms. The molecule has 2 aliphatic rings. The van der Waals surface area contributed by atoms with Gasteiger partial charge in [-0.3, -0.25) is 4.79 Å². The van der Waals surface area contributed by atoms with E-state index in [-0.39, 0.29) is 5.91 Å². The minimum Gasteiger partial charge on any atom is -0.494 e. The van der Waals surface area contributed by atoms with E-state index >= 15 is 0 Å². The minimum absolute atomic E-state index is 0.146. The monoisotopic (exact) mass is 402 g/mol. The van der Waals surface area contributed by atoms with Crippen molar-refractivity contribution in [3.05, 3.63) is 70.9 Å². The molecule has 1 aliphatic carbocycles. The second-order valence-electron chi connectivity index (χ2n) is 8.19. The predicted molar refractivity (Wildman–Crippen MR) is 116 cm³/mol. The molecule has 1 atom stereocenters. The Morgan fingerprint density at radius 3 is 2.87 bits per heavy atom. The van der Waals surface area contributed by atoms with Gasteiger partial charge in [0.15, 0.2) is 0 Å². The smallest absolute Gasteiger partial charge is 0.257 e. The molecule has 1 amide bonds. The van der Waals surface area contributed by atoms with E-state index in [1.54, 1.807) is 4.68 Å². The van der Waals surface area contributed by atoms with Crippen LogP contribution in [0.4, 0.5) is 5.82 Å². The molecular weight excluding hydrogens is 376 g/mol. The second-order valence-corrected chi connectivity index (χ2v) is 8.19. The Balaban J connectivity index is 1.48. The van der Waals surface area contributed by atoms with E-state index in [1.807, 2.05) is 36.4 Å². The van der Waals surface area contributed by atoms with Crippen molar-refractivity contribution in [1.82, 2.24) is 15.1 Å². The lowest BCUT2D eigenvalue weighted by molar-refractivity contribution is 0.0876. The number of anilines is 1. The Kier molecular flexibility index (Phi) is 4.50. The summed E-state index contributed by atoms with van der Waals surface area (Å²) in [6, 6.07) is 15.9. The molecule has 3 N–H and O–H groups in total. The molecule has 2 heterocycles. The summed E-state index contributed by atoms with van der Waals surface area (Å²) in [4.78, 5) is 13.1. The third-order valence-electron chi connectivity index (χ3n) is 6.22. The van der Waals surface area contributed by atoms with Crippen LogP contribution in [0.3, 0.4) is 0 Å². The van der Waals surface area contributed by atoms with Crippen LogP contribution in [0.2, 0.25) is 0 Å². The predicted octanol–water partition coefficient (Wildman–Crippen LogP) is 3.76. The van der Waals surface area contributed by atoms with Crippen molar-refractivity contribution in [3.8, 4) is 11.4 Å². The Labute approximate surface area is 176 Å². The molecule has 6 nitrogen and oxygen atoms in total. The molecule has 154 valence electrons. The molecule has 0 fully saturated rings. The summed E-state index contributed by atoms with van der Waals surface area (Å²) in [5.41, 5.74) is 10.4. The fourth-order valence-corrected chi connectivity index (χ4v) is 4.69. The highest BCUT2D eigenvalue weighted by Gasteiger charge is 2.46. The van der Waals surface area contributed by atoms with Gasteiger partial charge in [-0.2, -0.15) is 5.10 Å². The summed E-state index contributed by atoms with van der Waals surface area (Å²) in [6.45, 7) is 2.89. The molecule has 0 bridgehead atoms. The van der Waals surface area contributed by atoms with Crippen LogP contribution >= 0.6 is 0 Å². The number of benzene rings is 2. The number of aryl methyl sites for hydroxylation is 1. The third-order valence-corrected chi connectivity index (χ3v) is 6.22. The van der Waals surface area contributed by atoms with Gasteiger partial charge in [-0.1, -0.05) is 37.6 Å². The lowest BCUT2D eigenvalue weighted by Crippen LogP contribution is -2.49. The van der Waals surface area contributed by atoms with Gasteiger partial charge in [-0.05, 0) is 54.7 Å². The van der Waals surface area contributed by atoms with E-state index in [0.717, 1.165) is 55.0 Å². The number of hydrogen-bond acceptors (Lipinski definition) is 4. The van der Waals surface area contributed by atoms with Gasteiger partial charge in [0.2, 0.25) is 0 Å². The van der Waals surface area contributed by atoms with Gasteiger partial charge in [0.25, 0.3) is 5.91 Å². The first-order valence-electron chi connectivity index (χ1n) is 10.6. The van der Waals surface area contributed by atoms with E-state index in [1.165, 1.54) is 5.56 Å². The number of hydrogen-bond donors (Lipinski definition) is 2. The van der Waals surface area contributed by atoms with Crippen LogP contribution < -0.4 is 15.8 Å². The molecule has 5 rings (SSSR count). The van der Waals surface area contributed by atoms with Crippen molar-refractivity contribution in [2.75, 3.05) is 12.3 Å². The zero-order valence-corrected chi connectivity index (χ0v) is 17.1. The van der Waals surface area contributed by atoms with E-state index in [0.29, 0.717) is 17.8 Å². The highest BCUT2D eigenvalue weighted by molar-refractivity contribution is 6.01. The summed E-state index contributed by atoms with van der Waals surface area (Å²) < 4.78 is 7.54. The molecule has 3 aromatic rings. The van der Waals surface area contributed by atoms with Crippen LogP contribution in [-0.2, 0) is 18.4 Å². The van der Waals surface area contributed by atoms with Crippen molar-refractivity contribution >= 4 is 11.7 Å². The topological polar surface area (TPSA) is 82.2 Å². The minimum atomic E-state index is -0.427. The van der Waals surface area contributed by atoms with Gasteiger partial charge in [0.1, 0.15) is 17.1 Å². The van der Waals surface area contributed by atoms with Crippen molar-refractivity contribution in [2.24, 2.45) is 0 Å². The molecule has 0 saturated carbocycles. The summed E-state index contributed by atoms with van der Waals surface area (Å²) in [7, 11) is 0. The van der Waals surface area contributed by atoms with E-state index in [9.17, 15) is 4.79 Å². The largest absolute Gasteiger partial charge is 0.494 e. The van der Waals surface area contributed by atoms with E-state index < -0.39 is 5.54 Å². The van der Waals surface area contributed by atoms with Gasteiger partial charge in [-0.15, -0.1) is 0 Å². The zero-order chi connectivity index (χ0) is 20.7. The normalized spacial score (nSPS) is 19.4. The van der Waals surface area contributed by atoms with Crippen molar-refractivity contribution < 1.29 is 9.53 Å². The maximum atomic E-state index is 13.1. The number of ether oxygens (including phenoxy) is 1. The first kappa shape index (κ1) is 18.7. The highest BCUT2D eigenvalue weighted by atomic mass is 16.5. The summed E-state index contributed by atoms with van der Waals surface area (Å²) in [6.07, 6.45) is 4.56. The number of carbonyl (C=O) groups excluding carboxylic acids is 1. The zero-order valence-electron chi connectivity index (χ0n) is 17.1. The lowest BCUT2D eigenvalue weighted by atomic mass is 9.83. The molecule has 30 heavy (non-hydrogen) atoms. The average molecular weight is 402 g/mol. The van der Waals surface area contributed by atoms with Gasteiger partial charge in [0.05, 0.1) is 23.5 Å². The number of nitrogens with two attached hydrogens (primary N) is 1. The molecule has 0 unspecified atom stereocenters. The molecule has 1 aromatic heterocycles. The molecule has 0 radical (unpaired) electrons. The number of nitrogens with zero attached hydrogens (tertiary/aromatic N) is 2. The van der Waals surface area contributed by atoms with Crippen molar-refractivity contribution in [1.29, 1.82) is 0 Å². The maximum Gasteiger partial charge on any atom is 0.257 e.